The van der Waals surface area contributed by atoms with Gasteiger partial charge in [0.25, 0.3) is 0 Å². The minimum absolute atomic E-state index is 0.000222. The van der Waals surface area contributed by atoms with Crippen LogP contribution in [0.4, 0.5) is 18.9 Å². The molecule has 3 aromatic rings. The lowest BCUT2D eigenvalue weighted by Gasteiger charge is -2.12. The lowest BCUT2D eigenvalue weighted by molar-refractivity contribution is -0.153. The summed E-state index contributed by atoms with van der Waals surface area (Å²) in [6.45, 7) is -1.32. The number of hydrogen-bond acceptors (Lipinski definition) is 4. The van der Waals surface area contributed by atoms with Gasteiger partial charge in [-0.3, -0.25) is 0 Å². The summed E-state index contributed by atoms with van der Waals surface area (Å²) < 4.78 is 46.7. The predicted octanol–water partition coefficient (Wildman–Crippen LogP) is 5.34. The van der Waals surface area contributed by atoms with Crippen LogP contribution in [0.2, 0.25) is 5.02 Å². The van der Waals surface area contributed by atoms with Crippen molar-refractivity contribution in [3.63, 3.8) is 0 Å². The van der Waals surface area contributed by atoms with E-state index in [-0.39, 0.29) is 23.1 Å². The third kappa shape index (κ3) is 4.46. The Morgan fingerprint density at radius 3 is 2.63 bits per heavy atom. The first-order valence-corrected chi connectivity index (χ1v) is 8.09. The Balaban J connectivity index is 1.77. The van der Waals surface area contributed by atoms with Crippen molar-refractivity contribution in [2.45, 2.75) is 12.7 Å². The highest BCUT2D eigenvalue weighted by Crippen LogP contribution is 2.31. The molecule has 1 aromatic heterocycles. The molecule has 0 aliphatic carbocycles. The first-order valence-electron chi connectivity index (χ1n) is 7.71. The molecular weight excluding hydrogens is 387 g/mol. The summed E-state index contributed by atoms with van der Waals surface area (Å²) >= 11 is 5.95. The number of rotatable bonds is 6. The third-order valence-corrected chi connectivity index (χ3v) is 3.98. The number of aromatic carboxylic acids is 1. The molecule has 27 heavy (non-hydrogen) atoms. The lowest BCUT2D eigenvalue weighted by atomic mass is 10.1. The van der Waals surface area contributed by atoms with E-state index in [4.69, 9.17) is 16.0 Å². The number of halogens is 4. The highest BCUT2D eigenvalue weighted by atomic mass is 35.5. The molecule has 2 N–H and O–H groups in total. The molecule has 0 fully saturated rings. The van der Waals surface area contributed by atoms with E-state index in [1.165, 1.54) is 18.2 Å². The number of furan rings is 1. The van der Waals surface area contributed by atoms with E-state index in [0.29, 0.717) is 22.2 Å². The molecule has 0 aliphatic heterocycles. The second kappa shape index (κ2) is 7.40. The largest absolute Gasteiger partial charge is 0.483 e. The molecule has 5 nitrogen and oxygen atoms in total. The second-order valence-electron chi connectivity index (χ2n) is 5.61. The van der Waals surface area contributed by atoms with Gasteiger partial charge in [-0.2, -0.15) is 13.2 Å². The number of hydrogen-bond donors (Lipinski definition) is 2. The van der Waals surface area contributed by atoms with Crippen molar-refractivity contribution >= 4 is 34.2 Å². The van der Waals surface area contributed by atoms with Gasteiger partial charge in [0.15, 0.2) is 6.61 Å². The van der Waals surface area contributed by atoms with Gasteiger partial charge in [0.2, 0.25) is 5.76 Å². The summed E-state index contributed by atoms with van der Waals surface area (Å²) in [5.74, 6) is -1.48. The maximum Gasteiger partial charge on any atom is 0.422 e. The summed E-state index contributed by atoms with van der Waals surface area (Å²) in [5, 5.41) is 13.0. The van der Waals surface area contributed by atoms with Crippen LogP contribution in [0.15, 0.2) is 46.9 Å². The molecule has 0 atom stereocenters. The number of carboxylic acids is 1. The first-order chi connectivity index (χ1) is 12.7. The van der Waals surface area contributed by atoms with Gasteiger partial charge in [-0.25, -0.2) is 4.79 Å². The van der Waals surface area contributed by atoms with Gasteiger partial charge in [-0.05, 0) is 24.3 Å². The monoisotopic (exact) mass is 399 g/mol. The van der Waals surface area contributed by atoms with Crippen molar-refractivity contribution in [1.82, 2.24) is 0 Å². The molecule has 0 saturated carbocycles. The Bertz CT molecular complexity index is 984. The van der Waals surface area contributed by atoms with Crippen molar-refractivity contribution in [3.05, 3.63) is 58.8 Å². The zero-order valence-corrected chi connectivity index (χ0v) is 14.4. The number of carbonyl (C=O) groups is 1. The maximum atomic E-state index is 12.2. The van der Waals surface area contributed by atoms with Gasteiger partial charge < -0.3 is 19.6 Å². The first kappa shape index (κ1) is 18.9. The molecular formula is C18H13ClF3NO4. The van der Waals surface area contributed by atoms with Gasteiger partial charge in [0.05, 0.1) is 5.02 Å². The van der Waals surface area contributed by atoms with Crippen LogP contribution in [0, 0.1) is 0 Å². The molecule has 142 valence electrons. The van der Waals surface area contributed by atoms with E-state index in [1.807, 2.05) is 0 Å². The van der Waals surface area contributed by atoms with Gasteiger partial charge in [0.1, 0.15) is 11.3 Å². The molecule has 3 rings (SSSR count). The molecule has 0 amide bonds. The molecule has 0 unspecified atom stereocenters. The summed E-state index contributed by atoms with van der Waals surface area (Å²) in [5.41, 5.74) is 1.38. The summed E-state index contributed by atoms with van der Waals surface area (Å²) in [4.78, 5) is 11.4. The Morgan fingerprint density at radius 2 is 1.96 bits per heavy atom. The van der Waals surface area contributed by atoms with Crippen LogP contribution in [0.5, 0.6) is 5.75 Å². The zero-order valence-electron chi connectivity index (χ0n) is 13.6. The predicted molar refractivity (Wildman–Crippen MR) is 93.5 cm³/mol. The number of nitrogens with one attached hydrogen (secondary N) is 1. The number of fused-ring (bicyclic) bond motifs is 1. The summed E-state index contributed by atoms with van der Waals surface area (Å²) in [7, 11) is 0. The number of ether oxygens (including phenoxy) is 1. The van der Waals surface area contributed by atoms with E-state index in [9.17, 15) is 23.1 Å². The van der Waals surface area contributed by atoms with E-state index in [1.54, 1.807) is 24.3 Å². The average Bonchev–Trinajstić information content (AvgIpc) is 2.97. The lowest BCUT2D eigenvalue weighted by Crippen LogP contribution is -2.19. The van der Waals surface area contributed by atoms with Crippen LogP contribution >= 0.6 is 11.6 Å². The quantitative estimate of drug-likeness (QED) is 0.585. The van der Waals surface area contributed by atoms with E-state index >= 15 is 0 Å². The zero-order chi connectivity index (χ0) is 19.6. The van der Waals surface area contributed by atoms with Gasteiger partial charge in [-0.1, -0.05) is 29.8 Å². The Morgan fingerprint density at radius 1 is 1.22 bits per heavy atom. The van der Waals surface area contributed by atoms with Crippen molar-refractivity contribution in [1.29, 1.82) is 0 Å². The third-order valence-electron chi connectivity index (χ3n) is 3.69. The molecule has 0 saturated heterocycles. The van der Waals surface area contributed by atoms with Gasteiger partial charge in [-0.15, -0.1) is 0 Å². The molecule has 0 radical (unpaired) electrons. The van der Waals surface area contributed by atoms with Crippen LogP contribution in [-0.2, 0) is 6.54 Å². The highest BCUT2D eigenvalue weighted by Gasteiger charge is 2.28. The molecule has 0 aliphatic rings. The number of para-hydroxylation sites is 1. The van der Waals surface area contributed by atoms with Crippen LogP contribution in [0.1, 0.15) is 16.1 Å². The second-order valence-corrected chi connectivity index (χ2v) is 6.02. The minimum atomic E-state index is -4.46. The van der Waals surface area contributed by atoms with Gasteiger partial charge >= 0.3 is 12.1 Å². The number of anilines is 1. The fourth-order valence-electron chi connectivity index (χ4n) is 2.52. The fraction of sp³-hybridized carbons (Fsp3) is 0.167. The molecule has 9 heteroatoms. The van der Waals surface area contributed by atoms with Crippen LogP contribution in [0.3, 0.4) is 0 Å². The minimum Gasteiger partial charge on any atom is -0.483 e. The normalized spacial score (nSPS) is 11.6. The molecule has 0 spiro atoms. The maximum absolute atomic E-state index is 12.2. The Kier molecular flexibility index (Phi) is 5.18. The number of benzene rings is 2. The van der Waals surface area contributed by atoms with E-state index in [2.05, 4.69) is 10.1 Å². The molecule has 1 heterocycles. The van der Waals surface area contributed by atoms with Gasteiger partial charge in [0, 0.05) is 23.2 Å². The summed E-state index contributed by atoms with van der Waals surface area (Å²) in [6.07, 6.45) is -4.46. The Hall–Kier alpha value is -2.87. The standard InChI is InChI=1S/C18H13ClF3NO4/c19-13-7-10(5-6-15(13)26-9-18(20,21)22)23-8-12-11-3-1-2-4-14(11)27-16(12)17(24)25/h1-7,23H,8-9H2,(H,24,25). The number of alkyl halides is 3. The van der Waals surface area contributed by atoms with Crippen LogP contribution in [-0.4, -0.2) is 23.9 Å². The van der Waals surface area contributed by atoms with Crippen LogP contribution in [0.25, 0.3) is 11.0 Å². The van der Waals surface area contributed by atoms with Crippen molar-refractivity contribution in [2.24, 2.45) is 0 Å². The van der Waals surface area contributed by atoms with Crippen LogP contribution < -0.4 is 10.1 Å². The smallest absolute Gasteiger partial charge is 0.422 e. The molecule has 0 bridgehead atoms. The highest BCUT2D eigenvalue weighted by molar-refractivity contribution is 6.32. The van der Waals surface area contributed by atoms with Crippen molar-refractivity contribution in [3.8, 4) is 5.75 Å². The number of carboxylic acid groups (broad SMARTS) is 1. The Labute approximate surface area is 156 Å². The molecule has 2 aromatic carbocycles. The van der Waals surface area contributed by atoms with Crippen molar-refractivity contribution < 1.29 is 32.2 Å². The fourth-order valence-corrected chi connectivity index (χ4v) is 2.76. The SMILES string of the molecule is O=C(O)c1oc2ccccc2c1CNc1ccc(OCC(F)(F)F)c(Cl)c1. The van der Waals surface area contributed by atoms with E-state index < -0.39 is 18.8 Å². The van der Waals surface area contributed by atoms with Crippen molar-refractivity contribution in [2.75, 3.05) is 11.9 Å². The summed E-state index contributed by atoms with van der Waals surface area (Å²) in [6, 6.07) is 11.1. The van der Waals surface area contributed by atoms with E-state index in [0.717, 1.165) is 0 Å². The average molecular weight is 400 g/mol. The topological polar surface area (TPSA) is 71.7 Å².